The molecule has 2 aromatic rings. The van der Waals surface area contributed by atoms with E-state index in [0.717, 1.165) is 55.5 Å². The van der Waals surface area contributed by atoms with E-state index >= 15 is 0 Å². The number of guanidine groups is 1. The number of halogens is 1. The molecule has 0 atom stereocenters. The Labute approximate surface area is 214 Å². The van der Waals surface area contributed by atoms with Gasteiger partial charge in [0.1, 0.15) is 24.7 Å². The molecule has 0 amide bonds. The van der Waals surface area contributed by atoms with Crippen molar-refractivity contribution in [3.8, 4) is 11.5 Å². The van der Waals surface area contributed by atoms with Gasteiger partial charge in [0.25, 0.3) is 0 Å². The van der Waals surface area contributed by atoms with Gasteiger partial charge in [0.15, 0.2) is 5.96 Å². The van der Waals surface area contributed by atoms with Crippen molar-refractivity contribution in [2.75, 3.05) is 53.1 Å². The van der Waals surface area contributed by atoms with Crippen molar-refractivity contribution in [3.63, 3.8) is 0 Å². The van der Waals surface area contributed by atoms with Crippen LogP contribution in [-0.4, -0.2) is 64.0 Å². The molecule has 0 spiro atoms. The van der Waals surface area contributed by atoms with Gasteiger partial charge < -0.3 is 24.8 Å². The largest absolute Gasteiger partial charge is 0.492 e. The van der Waals surface area contributed by atoms with E-state index in [9.17, 15) is 0 Å². The number of rotatable bonds is 11. The zero-order chi connectivity index (χ0) is 22.4. The summed E-state index contributed by atoms with van der Waals surface area (Å²) in [5.41, 5.74) is 2.15. The van der Waals surface area contributed by atoms with Gasteiger partial charge in [0.2, 0.25) is 0 Å². The molecule has 0 aliphatic carbocycles. The molecule has 3 rings (SSSR count). The van der Waals surface area contributed by atoms with E-state index in [1.54, 1.807) is 13.1 Å². The van der Waals surface area contributed by atoms with Gasteiger partial charge in [0, 0.05) is 50.9 Å². The quantitative estimate of drug-likeness (QED) is 0.188. The Morgan fingerprint density at radius 3 is 2.15 bits per heavy atom. The molecule has 0 saturated carbocycles. The van der Waals surface area contributed by atoms with Crippen LogP contribution < -0.4 is 20.1 Å². The Balaban J connectivity index is 0.00000385. The maximum absolute atomic E-state index is 6.08. The van der Waals surface area contributed by atoms with Crippen molar-refractivity contribution in [1.29, 1.82) is 0 Å². The molecule has 2 N–H and O–H groups in total. The minimum Gasteiger partial charge on any atom is -0.492 e. The van der Waals surface area contributed by atoms with E-state index < -0.39 is 0 Å². The van der Waals surface area contributed by atoms with Crippen molar-refractivity contribution in [2.45, 2.75) is 13.1 Å². The average molecular weight is 566 g/mol. The molecular weight excluding hydrogens is 531 g/mol. The van der Waals surface area contributed by atoms with Gasteiger partial charge in [0.05, 0.1) is 13.2 Å². The molecule has 1 saturated heterocycles. The summed E-state index contributed by atoms with van der Waals surface area (Å²) in [5.74, 6) is 2.45. The molecule has 8 heteroatoms. The molecule has 33 heavy (non-hydrogen) atoms. The van der Waals surface area contributed by atoms with E-state index in [2.05, 4.69) is 33.2 Å². The van der Waals surface area contributed by atoms with Crippen LogP contribution in [0.1, 0.15) is 11.1 Å². The van der Waals surface area contributed by atoms with Crippen molar-refractivity contribution in [1.82, 2.24) is 15.5 Å². The monoisotopic (exact) mass is 566 g/mol. The summed E-state index contributed by atoms with van der Waals surface area (Å²) >= 11 is 0. The maximum Gasteiger partial charge on any atom is 0.191 e. The zero-order valence-corrected chi connectivity index (χ0v) is 21.6. The lowest BCUT2D eigenvalue weighted by Crippen LogP contribution is -2.38. The van der Waals surface area contributed by atoms with Crippen LogP contribution in [0.2, 0.25) is 0 Å². The summed E-state index contributed by atoms with van der Waals surface area (Å²) in [6, 6.07) is 16.1. The van der Waals surface area contributed by atoms with Gasteiger partial charge >= 0.3 is 0 Å². The molecule has 0 radical (unpaired) electrons. The third-order valence-corrected chi connectivity index (χ3v) is 5.19. The van der Waals surface area contributed by atoms with Gasteiger partial charge in [-0.05, 0) is 12.1 Å². The second-order valence-electron chi connectivity index (χ2n) is 7.40. The molecule has 0 bridgehead atoms. The first kappa shape index (κ1) is 26.9. The van der Waals surface area contributed by atoms with Crippen LogP contribution in [0, 0.1) is 0 Å². The van der Waals surface area contributed by atoms with Crippen molar-refractivity contribution < 1.29 is 14.2 Å². The predicted octanol–water partition coefficient (Wildman–Crippen LogP) is 3.45. The highest BCUT2D eigenvalue weighted by Crippen LogP contribution is 2.19. The lowest BCUT2D eigenvalue weighted by Gasteiger charge is -2.26. The number of hydrogen-bond acceptors (Lipinski definition) is 5. The summed E-state index contributed by atoms with van der Waals surface area (Å²) < 4.78 is 17.2. The smallest absolute Gasteiger partial charge is 0.191 e. The first-order valence-electron chi connectivity index (χ1n) is 11.1. The molecule has 180 valence electrons. The first-order valence-corrected chi connectivity index (χ1v) is 11.1. The Morgan fingerprint density at radius 1 is 1.00 bits per heavy atom. The summed E-state index contributed by atoms with van der Waals surface area (Å²) in [6.07, 6.45) is 1.74. The van der Waals surface area contributed by atoms with Gasteiger partial charge in [-0.15, -0.1) is 24.0 Å². The Bertz CT molecular complexity index is 872. The first-order chi connectivity index (χ1) is 15.8. The number of para-hydroxylation sites is 2. The van der Waals surface area contributed by atoms with Crippen molar-refractivity contribution in [2.24, 2.45) is 4.99 Å². The Morgan fingerprint density at radius 2 is 1.58 bits per heavy atom. The summed E-state index contributed by atoms with van der Waals surface area (Å²) in [4.78, 5) is 6.71. The number of benzene rings is 2. The van der Waals surface area contributed by atoms with E-state index in [-0.39, 0.29) is 24.0 Å². The van der Waals surface area contributed by atoms with E-state index in [1.807, 2.05) is 42.5 Å². The highest BCUT2D eigenvalue weighted by Gasteiger charge is 2.11. The molecule has 0 unspecified atom stereocenters. The number of aliphatic imine (C=N–C) groups is 1. The molecule has 1 heterocycles. The molecule has 7 nitrogen and oxygen atoms in total. The predicted molar refractivity (Wildman–Crippen MR) is 144 cm³/mol. The molecule has 2 aromatic carbocycles. The molecule has 0 aromatic heterocycles. The second kappa shape index (κ2) is 15.5. The minimum atomic E-state index is 0. The second-order valence-corrected chi connectivity index (χ2v) is 7.40. The minimum absolute atomic E-state index is 0. The number of nitrogens with zero attached hydrogens (tertiary/aromatic N) is 2. The highest BCUT2D eigenvalue weighted by molar-refractivity contribution is 14.0. The molecular formula is C25H35IN4O3. The SMILES string of the molecule is C=CCOc1ccccc1CNC(=NC)NCc1ccccc1OCCN1CCOCC1.I. The normalized spacial score (nSPS) is 14.2. The number of nitrogens with one attached hydrogen (secondary N) is 2. The van der Waals surface area contributed by atoms with Crippen molar-refractivity contribution in [3.05, 3.63) is 72.3 Å². The fourth-order valence-electron chi connectivity index (χ4n) is 3.42. The van der Waals surface area contributed by atoms with Crippen LogP contribution in [0.3, 0.4) is 0 Å². The summed E-state index contributed by atoms with van der Waals surface area (Å²) in [5, 5.41) is 6.73. The van der Waals surface area contributed by atoms with Crippen LogP contribution >= 0.6 is 24.0 Å². The third kappa shape index (κ3) is 9.23. The lowest BCUT2D eigenvalue weighted by molar-refractivity contribution is 0.0322. The van der Waals surface area contributed by atoms with Gasteiger partial charge in [-0.3, -0.25) is 9.89 Å². The summed E-state index contributed by atoms with van der Waals surface area (Å²) in [6.45, 7) is 10.5. The number of hydrogen-bond donors (Lipinski definition) is 2. The van der Waals surface area contributed by atoms with Crippen LogP contribution in [0.5, 0.6) is 11.5 Å². The molecule has 1 aliphatic rings. The van der Waals surface area contributed by atoms with Gasteiger partial charge in [-0.2, -0.15) is 0 Å². The van der Waals surface area contributed by atoms with E-state index in [0.29, 0.717) is 32.3 Å². The van der Waals surface area contributed by atoms with Crippen LogP contribution in [-0.2, 0) is 17.8 Å². The third-order valence-electron chi connectivity index (χ3n) is 5.19. The van der Waals surface area contributed by atoms with Crippen LogP contribution in [0.4, 0.5) is 0 Å². The van der Waals surface area contributed by atoms with E-state index in [4.69, 9.17) is 14.2 Å². The fourth-order valence-corrected chi connectivity index (χ4v) is 3.42. The van der Waals surface area contributed by atoms with Gasteiger partial charge in [-0.25, -0.2) is 0 Å². The Kier molecular flexibility index (Phi) is 12.7. The maximum atomic E-state index is 6.08. The van der Waals surface area contributed by atoms with Gasteiger partial charge in [-0.1, -0.05) is 49.1 Å². The summed E-state index contributed by atoms with van der Waals surface area (Å²) in [7, 11) is 1.76. The van der Waals surface area contributed by atoms with Crippen LogP contribution in [0.15, 0.2) is 66.2 Å². The molecule has 1 aliphatic heterocycles. The molecule has 1 fully saturated rings. The lowest BCUT2D eigenvalue weighted by atomic mass is 10.2. The van der Waals surface area contributed by atoms with Crippen LogP contribution in [0.25, 0.3) is 0 Å². The average Bonchev–Trinajstić information content (AvgIpc) is 2.85. The zero-order valence-electron chi connectivity index (χ0n) is 19.3. The highest BCUT2D eigenvalue weighted by atomic mass is 127. The fraction of sp³-hybridized carbons (Fsp3) is 0.400. The number of ether oxygens (including phenoxy) is 3. The topological polar surface area (TPSA) is 67.3 Å². The van der Waals surface area contributed by atoms with E-state index in [1.165, 1.54) is 0 Å². The Hall–Kier alpha value is -2.30. The van der Waals surface area contributed by atoms with Crippen molar-refractivity contribution >= 4 is 29.9 Å². The standard InChI is InChI=1S/C25H34N4O3.HI/c1-3-15-31-23-10-6-4-8-21(23)19-27-25(26-2)28-20-22-9-5-7-11-24(22)32-18-14-29-12-16-30-17-13-29;/h3-11H,1,12-20H2,2H3,(H2,26,27,28);1H. The number of morpholine rings is 1.